The zero-order valence-electron chi connectivity index (χ0n) is 10.8. The van der Waals surface area contributed by atoms with E-state index in [0.717, 1.165) is 23.1 Å². The van der Waals surface area contributed by atoms with E-state index < -0.39 is 0 Å². The number of carbonyl (C=O) groups is 1. The molecule has 1 fully saturated rings. The van der Waals surface area contributed by atoms with E-state index in [2.05, 4.69) is 35.1 Å². The summed E-state index contributed by atoms with van der Waals surface area (Å²) in [5.74, 6) is 0.210. The van der Waals surface area contributed by atoms with Crippen molar-refractivity contribution in [1.29, 1.82) is 0 Å². The number of carbonyl (C=O) groups excluding carboxylic acids is 1. The van der Waals surface area contributed by atoms with Gasteiger partial charge in [0.1, 0.15) is 0 Å². The van der Waals surface area contributed by atoms with Crippen LogP contribution in [-0.4, -0.2) is 36.0 Å². The molecule has 1 aliphatic heterocycles. The Morgan fingerprint density at radius 2 is 1.94 bits per heavy atom. The van der Waals surface area contributed by atoms with Gasteiger partial charge in [-0.05, 0) is 25.5 Å². The molecule has 0 spiro atoms. The average Bonchev–Trinajstić information content (AvgIpc) is 2.31. The predicted molar refractivity (Wildman–Crippen MR) is 76.5 cm³/mol. The van der Waals surface area contributed by atoms with Gasteiger partial charge < -0.3 is 10.2 Å². The van der Waals surface area contributed by atoms with Gasteiger partial charge in [0.05, 0.1) is 6.42 Å². The van der Waals surface area contributed by atoms with Crippen LogP contribution in [0, 0.1) is 0 Å². The molecule has 18 heavy (non-hydrogen) atoms. The second-order valence-electron chi connectivity index (χ2n) is 5.04. The summed E-state index contributed by atoms with van der Waals surface area (Å²) in [4.78, 5) is 14.3. The zero-order valence-corrected chi connectivity index (χ0v) is 12.4. The van der Waals surface area contributed by atoms with E-state index >= 15 is 0 Å². The van der Waals surface area contributed by atoms with Crippen molar-refractivity contribution >= 4 is 21.8 Å². The Kier molecular flexibility index (Phi) is 4.40. The molecule has 2 rings (SSSR count). The number of hydrogen-bond acceptors (Lipinski definition) is 2. The van der Waals surface area contributed by atoms with Gasteiger partial charge in [-0.2, -0.15) is 0 Å². The van der Waals surface area contributed by atoms with Crippen LogP contribution in [0.25, 0.3) is 0 Å². The van der Waals surface area contributed by atoms with E-state index in [1.165, 1.54) is 0 Å². The number of hydrogen-bond donors (Lipinski definition) is 1. The lowest BCUT2D eigenvalue weighted by molar-refractivity contribution is -0.132. The maximum atomic E-state index is 12.3. The lowest BCUT2D eigenvalue weighted by atomic mass is 10.1. The molecule has 1 heterocycles. The summed E-state index contributed by atoms with van der Waals surface area (Å²) in [7, 11) is 0. The molecule has 1 amide bonds. The minimum absolute atomic E-state index is 0.210. The van der Waals surface area contributed by atoms with Crippen molar-refractivity contribution < 1.29 is 4.79 Å². The largest absolute Gasteiger partial charge is 0.339 e. The lowest BCUT2D eigenvalue weighted by Crippen LogP contribution is -2.56. The maximum absolute atomic E-state index is 12.3. The molecular weight excluding hydrogens is 292 g/mol. The number of amides is 1. The highest BCUT2D eigenvalue weighted by Gasteiger charge is 2.24. The van der Waals surface area contributed by atoms with Gasteiger partial charge in [0.25, 0.3) is 0 Å². The fourth-order valence-corrected chi connectivity index (χ4v) is 2.87. The van der Waals surface area contributed by atoms with Crippen LogP contribution in [0.1, 0.15) is 19.4 Å². The quantitative estimate of drug-likeness (QED) is 0.908. The first-order valence-corrected chi connectivity index (χ1v) is 7.13. The second-order valence-corrected chi connectivity index (χ2v) is 5.89. The Labute approximate surface area is 117 Å². The van der Waals surface area contributed by atoms with Crippen LogP contribution in [-0.2, 0) is 11.2 Å². The number of benzene rings is 1. The van der Waals surface area contributed by atoms with Gasteiger partial charge in [0.15, 0.2) is 0 Å². The van der Waals surface area contributed by atoms with Crippen LogP contribution in [0.5, 0.6) is 0 Å². The molecule has 1 aromatic carbocycles. The summed E-state index contributed by atoms with van der Waals surface area (Å²) in [6.45, 7) is 5.84. The Morgan fingerprint density at radius 3 is 2.56 bits per heavy atom. The van der Waals surface area contributed by atoms with Crippen molar-refractivity contribution in [2.75, 3.05) is 13.1 Å². The van der Waals surface area contributed by atoms with Crippen molar-refractivity contribution in [2.24, 2.45) is 0 Å². The van der Waals surface area contributed by atoms with E-state index in [0.29, 0.717) is 18.5 Å². The summed E-state index contributed by atoms with van der Waals surface area (Å²) in [5, 5.41) is 3.44. The smallest absolute Gasteiger partial charge is 0.227 e. The molecular formula is C14H19BrN2O. The van der Waals surface area contributed by atoms with Crippen molar-refractivity contribution in [3.8, 4) is 0 Å². The van der Waals surface area contributed by atoms with Gasteiger partial charge in [0, 0.05) is 29.6 Å². The van der Waals surface area contributed by atoms with E-state index in [-0.39, 0.29) is 5.91 Å². The van der Waals surface area contributed by atoms with Gasteiger partial charge in [0.2, 0.25) is 5.91 Å². The number of nitrogens with one attached hydrogen (secondary N) is 1. The summed E-state index contributed by atoms with van der Waals surface area (Å²) in [6, 6.07) is 8.65. The molecule has 1 aromatic rings. The minimum atomic E-state index is 0.210. The summed E-state index contributed by atoms with van der Waals surface area (Å²) < 4.78 is 1.01. The topological polar surface area (TPSA) is 32.3 Å². The van der Waals surface area contributed by atoms with Crippen LogP contribution in [0.4, 0.5) is 0 Å². The second kappa shape index (κ2) is 5.85. The van der Waals surface area contributed by atoms with Crippen molar-refractivity contribution in [3.05, 3.63) is 34.3 Å². The molecule has 4 heteroatoms. The minimum Gasteiger partial charge on any atom is -0.339 e. The molecule has 3 nitrogen and oxygen atoms in total. The fraction of sp³-hybridized carbons (Fsp3) is 0.500. The molecule has 0 aliphatic carbocycles. The van der Waals surface area contributed by atoms with Crippen molar-refractivity contribution in [3.63, 3.8) is 0 Å². The normalized spacial score (nSPS) is 24.1. The fourth-order valence-electron chi connectivity index (χ4n) is 2.45. The maximum Gasteiger partial charge on any atom is 0.227 e. The van der Waals surface area contributed by atoms with Crippen LogP contribution in [0.2, 0.25) is 0 Å². The van der Waals surface area contributed by atoms with E-state index in [9.17, 15) is 4.79 Å². The van der Waals surface area contributed by atoms with E-state index in [1.807, 2.05) is 29.2 Å². The van der Waals surface area contributed by atoms with Gasteiger partial charge in [-0.15, -0.1) is 0 Å². The van der Waals surface area contributed by atoms with E-state index in [4.69, 9.17) is 0 Å². The molecule has 0 radical (unpaired) electrons. The van der Waals surface area contributed by atoms with E-state index in [1.54, 1.807) is 0 Å². The summed E-state index contributed by atoms with van der Waals surface area (Å²) >= 11 is 3.49. The van der Waals surface area contributed by atoms with Gasteiger partial charge in [-0.1, -0.05) is 34.1 Å². The predicted octanol–water partition coefficient (Wildman–Crippen LogP) is 2.20. The van der Waals surface area contributed by atoms with Crippen molar-refractivity contribution in [2.45, 2.75) is 32.4 Å². The number of rotatable bonds is 2. The highest BCUT2D eigenvalue weighted by Crippen LogP contribution is 2.17. The van der Waals surface area contributed by atoms with Gasteiger partial charge >= 0.3 is 0 Å². The molecule has 1 saturated heterocycles. The highest BCUT2D eigenvalue weighted by atomic mass is 79.9. The zero-order chi connectivity index (χ0) is 13.1. The third-order valence-corrected chi connectivity index (χ3v) is 3.98. The van der Waals surface area contributed by atoms with Crippen molar-refractivity contribution in [1.82, 2.24) is 10.2 Å². The summed E-state index contributed by atoms with van der Waals surface area (Å²) in [6.07, 6.45) is 0.473. The molecule has 0 aromatic heterocycles. The molecule has 98 valence electrons. The number of halogens is 1. The Morgan fingerprint density at radius 1 is 1.33 bits per heavy atom. The Bertz CT molecular complexity index is 426. The highest BCUT2D eigenvalue weighted by molar-refractivity contribution is 9.10. The number of piperazine rings is 1. The molecule has 2 atom stereocenters. The molecule has 0 bridgehead atoms. The molecule has 2 unspecified atom stereocenters. The molecule has 1 N–H and O–H groups in total. The Balaban J connectivity index is 2.02. The summed E-state index contributed by atoms with van der Waals surface area (Å²) in [5.41, 5.74) is 1.06. The molecule has 0 saturated carbocycles. The first-order valence-electron chi connectivity index (χ1n) is 6.33. The van der Waals surface area contributed by atoms with Crippen LogP contribution in [0.15, 0.2) is 28.7 Å². The molecule has 1 aliphatic rings. The van der Waals surface area contributed by atoms with Crippen LogP contribution >= 0.6 is 15.9 Å². The third kappa shape index (κ3) is 3.33. The first kappa shape index (κ1) is 13.6. The lowest BCUT2D eigenvalue weighted by Gasteiger charge is -2.36. The monoisotopic (exact) mass is 310 g/mol. The van der Waals surface area contributed by atoms with Crippen LogP contribution in [0.3, 0.4) is 0 Å². The third-order valence-electron chi connectivity index (χ3n) is 3.21. The SMILES string of the molecule is CC1CN(C(=O)Cc2ccccc2Br)CC(C)N1. The standard InChI is InChI=1S/C14H19BrN2O/c1-10-8-17(9-11(2)16-10)14(18)7-12-5-3-4-6-13(12)15/h3-6,10-11,16H,7-9H2,1-2H3. The first-order chi connectivity index (χ1) is 8.56. The van der Waals surface area contributed by atoms with Crippen LogP contribution < -0.4 is 5.32 Å². The average molecular weight is 311 g/mol. The number of nitrogens with zero attached hydrogens (tertiary/aromatic N) is 1. The van der Waals surface area contributed by atoms with Gasteiger partial charge in [-0.3, -0.25) is 4.79 Å². The van der Waals surface area contributed by atoms with Gasteiger partial charge in [-0.25, -0.2) is 0 Å². The Hall–Kier alpha value is -0.870.